The largest absolute Gasteiger partial charge is 0.382 e. The van der Waals surface area contributed by atoms with Crippen molar-refractivity contribution in [3.8, 4) is 0 Å². The molecule has 16 heavy (non-hydrogen) atoms. The molecule has 0 unspecified atom stereocenters. The van der Waals surface area contributed by atoms with Crippen LogP contribution in [0.2, 0.25) is 5.02 Å². The zero-order valence-electron chi connectivity index (χ0n) is 9.97. The maximum absolute atomic E-state index is 6.00. The molecular weight excluding hydrogens is 228 g/mol. The lowest BCUT2D eigenvalue weighted by molar-refractivity contribution is 0.158. The number of halogens is 1. The van der Waals surface area contributed by atoms with E-state index in [1.165, 1.54) is 0 Å². The standard InChI is InChI=1S/C10H17ClN4O/c1-10(2,6-16-4)15-8-7(11)5-13-9(12-3)14-8/h5H,6H2,1-4H3,(H2,12,13,14,15). The van der Waals surface area contributed by atoms with Crippen LogP contribution in [0.1, 0.15) is 13.8 Å². The quantitative estimate of drug-likeness (QED) is 0.830. The van der Waals surface area contributed by atoms with Gasteiger partial charge in [-0.05, 0) is 13.8 Å². The molecule has 0 aromatic carbocycles. The number of hydrogen-bond acceptors (Lipinski definition) is 5. The van der Waals surface area contributed by atoms with E-state index in [1.54, 1.807) is 20.4 Å². The molecule has 0 aliphatic rings. The van der Waals surface area contributed by atoms with Gasteiger partial charge in [0.15, 0.2) is 5.82 Å². The molecule has 0 fully saturated rings. The van der Waals surface area contributed by atoms with Crippen LogP contribution in [0.15, 0.2) is 6.20 Å². The molecule has 0 saturated heterocycles. The van der Waals surface area contributed by atoms with E-state index >= 15 is 0 Å². The van der Waals surface area contributed by atoms with Gasteiger partial charge in [0.25, 0.3) is 0 Å². The number of aromatic nitrogens is 2. The Bertz CT molecular complexity index is 357. The molecule has 0 aliphatic carbocycles. The minimum Gasteiger partial charge on any atom is -0.382 e. The van der Waals surface area contributed by atoms with Gasteiger partial charge in [-0.25, -0.2) is 4.98 Å². The predicted molar refractivity (Wildman–Crippen MR) is 66.2 cm³/mol. The smallest absolute Gasteiger partial charge is 0.224 e. The van der Waals surface area contributed by atoms with Crippen LogP contribution in [0.5, 0.6) is 0 Å². The molecule has 5 nitrogen and oxygen atoms in total. The Labute approximate surface area is 101 Å². The molecule has 0 atom stereocenters. The second-order valence-corrected chi connectivity index (χ2v) is 4.49. The number of hydrogen-bond donors (Lipinski definition) is 2. The first-order valence-electron chi connectivity index (χ1n) is 4.96. The van der Waals surface area contributed by atoms with Gasteiger partial charge in [0.05, 0.1) is 18.3 Å². The molecule has 1 aromatic heterocycles. The molecule has 0 amide bonds. The van der Waals surface area contributed by atoms with Crippen LogP contribution in [0, 0.1) is 0 Å². The van der Waals surface area contributed by atoms with Crippen LogP contribution in [-0.2, 0) is 4.74 Å². The fourth-order valence-electron chi connectivity index (χ4n) is 1.29. The van der Waals surface area contributed by atoms with Gasteiger partial charge in [0.1, 0.15) is 5.02 Å². The van der Waals surface area contributed by atoms with Crippen LogP contribution >= 0.6 is 11.6 Å². The van der Waals surface area contributed by atoms with Crippen molar-refractivity contribution >= 4 is 23.4 Å². The zero-order chi connectivity index (χ0) is 12.2. The van der Waals surface area contributed by atoms with Gasteiger partial charge in [0, 0.05) is 14.2 Å². The van der Waals surface area contributed by atoms with Gasteiger partial charge in [-0.15, -0.1) is 0 Å². The van der Waals surface area contributed by atoms with Gasteiger partial charge in [0.2, 0.25) is 5.95 Å². The molecule has 0 bridgehead atoms. The van der Waals surface area contributed by atoms with Gasteiger partial charge in [-0.1, -0.05) is 11.6 Å². The van der Waals surface area contributed by atoms with E-state index in [0.29, 0.717) is 23.4 Å². The van der Waals surface area contributed by atoms with E-state index in [2.05, 4.69) is 20.6 Å². The number of rotatable bonds is 5. The third-order valence-electron chi connectivity index (χ3n) is 1.93. The molecule has 2 N–H and O–H groups in total. The molecule has 0 aliphatic heterocycles. The number of nitrogens with one attached hydrogen (secondary N) is 2. The molecule has 1 aromatic rings. The highest BCUT2D eigenvalue weighted by Crippen LogP contribution is 2.22. The molecule has 1 rings (SSSR count). The fourth-order valence-corrected chi connectivity index (χ4v) is 1.43. The average molecular weight is 245 g/mol. The van der Waals surface area contributed by atoms with Gasteiger partial charge >= 0.3 is 0 Å². The Kier molecular flexibility index (Phi) is 4.32. The van der Waals surface area contributed by atoms with Gasteiger partial charge < -0.3 is 15.4 Å². The second-order valence-electron chi connectivity index (χ2n) is 4.08. The van der Waals surface area contributed by atoms with Crippen LogP contribution in [0.4, 0.5) is 11.8 Å². The van der Waals surface area contributed by atoms with Gasteiger partial charge in [-0.2, -0.15) is 4.98 Å². The van der Waals surface area contributed by atoms with Crippen LogP contribution in [0.3, 0.4) is 0 Å². The summed E-state index contributed by atoms with van der Waals surface area (Å²) < 4.78 is 5.11. The number of anilines is 2. The van der Waals surface area contributed by atoms with Crippen molar-refractivity contribution in [3.63, 3.8) is 0 Å². The molecule has 1 heterocycles. The lowest BCUT2D eigenvalue weighted by Gasteiger charge is -2.26. The van der Waals surface area contributed by atoms with Crippen molar-refractivity contribution in [1.29, 1.82) is 0 Å². The van der Waals surface area contributed by atoms with Crippen molar-refractivity contribution in [2.45, 2.75) is 19.4 Å². The van der Waals surface area contributed by atoms with Crippen LogP contribution in [0.25, 0.3) is 0 Å². The summed E-state index contributed by atoms with van der Waals surface area (Å²) in [5.74, 6) is 1.13. The first-order chi connectivity index (χ1) is 7.48. The van der Waals surface area contributed by atoms with Crippen LogP contribution in [-0.4, -0.2) is 36.3 Å². The lowest BCUT2D eigenvalue weighted by Crippen LogP contribution is -2.36. The molecule has 0 radical (unpaired) electrons. The molecule has 90 valence electrons. The molecular formula is C10H17ClN4O. The van der Waals surface area contributed by atoms with E-state index in [4.69, 9.17) is 16.3 Å². The summed E-state index contributed by atoms with van der Waals surface area (Å²) in [5, 5.41) is 6.56. The van der Waals surface area contributed by atoms with E-state index in [0.717, 1.165) is 0 Å². The summed E-state index contributed by atoms with van der Waals surface area (Å²) in [6, 6.07) is 0. The number of nitrogens with zero attached hydrogens (tertiary/aromatic N) is 2. The summed E-state index contributed by atoms with van der Waals surface area (Å²) >= 11 is 6.00. The van der Waals surface area contributed by atoms with E-state index in [-0.39, 0.29) is 5.54 Å². The summed E-state index contributed by atoms with van der Waals surface area (Å²) in [7, 11) is 3.41. The predicted octanol–water partition coefficient (Wildman–Crippen LogP) is 2.01. The Morgan fingerprint density at radius 2 is 2.19 bits per heavy atom. The van der Waals surface area contributed by atoms with E-state index in [9.17, 15) is 0 Å². The highest BCUT2D eigenvalue weighted by Gasteiger charge is 2.19. The maximum Gasteiger partial charge on any atom is 0.224 e. The SMILES string of the molecule is CNc1ncc(Cl)c(NC(C)(C)COC)n1. The fraction of sp³-hybridized carbons (Fsp3) is 0.600. The molecule has 0 spiro atoms. The Balaban J connectivity index is 2.87. The Hall–Kier alpha value is -1.07. The minimum atomic E-state index is -0.238. The summed E-state index contributed by atoms with van der Waals surface area (Å²) in [4.78, 5) is 8.25. The van der Waals surface area contributed by atoms with Gasteiger partial charge in [-0.3, -0.25) is 0 Å². The maximum atomic E-state index is 6.00. The first kappa shape index (κ1) is 13.0. The minimum absolute atomic E-state index is 0.238. The summed E-state index contributed by atoms with van der Waals surface area (Å²) in [6.07, 6.45) is 1.56. The Morgan fingerprint density at radius 1 is 1.50 bits per heavy atom. The van der Waals surface area contributed by atoms with Crippen molar-refractivity contribution in [2.24, 2.45) is 0 Å². The normalized spacial score (nSPS) is 11.3. The van der Waals surface area contributed by atoms with Crippen molar-refractivity contribution in [1.82, 2.24) is 9.97 Å². The van der Waals surface area contributed by atoms with Crippen molar-refractivity contribution < 1.29 is 4.74 Å². The third kappa shape index (κ3) is 3.50. The van der Waals surface area contributed by atoms with Crippen molar-refractivity contribution in [3.05, 3.63) is 11.2 Å². The Morgan fingerprint density at radius 3 is 2.75 bits per heavy atom. The van der Waals surface area contributed by atoms with Crippen LogP contribution < -0.4 is 10.6 Å². The monoisotopic (exact) mass is 244 g/mol. The second kappa shape index (κ2) is 5.32. The topological polar surface area (TPSA) is 59.1 Å². The lowest BCUT2D eigenvalue weighted by atomic mass is 10.1. The average Bonchev–Trinajstić information content (AvgIpc) is 2.21. The number of ether oxygens (including phenoxy) is 1. The third-order valence-corrected chi connectivity index (χ3v) is 2.21. The highest BCUT2D eigenvalue weighted by atomic mass is 35.5. The summed E-state index contributed by atoms with van der Waals surface area (Å²) in [6.45, 7) is 4.57. The summed E-state index contributed by atoms with van der Waals surface area (Å²) in [5.41, 5.74) is -0.238. The molecule has 6 heteroatoms. The zero-order valence-corrected chi connectivity index (χ0v) is 10.7. The van der Waals surface area contributed by atoms with E-state index < -0.39 is 0 Å². The van der Waals surface area contributed by atoms with Crippen molar-refractivity contribution in [2.75, 3.05) is 31.4 Å². The van der Waals surface area contributed by atoms with E-state index in [1.807, 2.05) is 13.8 Å². The highest BCUT2D eigenvalue weighted by molar-refractivity contribution is 6.32. The molecule has 0 saturated carbocycles. The first-order valence-corrected chi connectivity index (χ1v) is 5.34. The number of methoxy groups -OCH3 is 1.